The lowest BCUT2D eigenvalue weighted by molar-refractivity contribution is 0.475. The molecule has 0 saturated heterocycles. The number of nitrogens with one attached hydrogen (secondary N) is 1. The highest BCUT2D eigenvalue weighted by atomic mass is 35.5. The second kappa shape index (κ2) is 6.37. The molecule has 0 bridgehead atoms. The van der Waals surface area contributed by atoms with E-state index in [1.807, 2.05) is 13.8 Å². The average molecular weight is 339 g/mol. The number of nitrogens with zero attached hydrogens (tertiary/aromatic N) is 1. The molecule has 0 heterocycles. The van der Waals surface area contributed by atoms with Crippen molar-refractivity contribution >= 4 is 27.8 Å². The van der Waals surface area contributed by atoms with Gasteiger partial charge < -0.3 is 5.11 Å². The third kappa shape index (κ3) is 3.78. The molecule has 0 amide bonds. The number of halogens is 1. The Bertz CT molecular complexity index is 833. The van der Waals surface area contributed by atoms with E-state index in [0.717, 1.165) is 11.1 Å². The van der Waals surface area contributed by atoms with Crippen LogP contribution in [-0.4, -0.2) is 19.7 Å². The van der Waals surface area contributed by atoms with Crippen molar-refractivity contribution in [2.24, 2.45) is 5.10 Å². The van der Waals surface area contributed by atoms with Crippen molar-refractivity contribution in [2.45, 2.75) is 18.7 Å². The van der Waals surface area contributed by atoms with Crippen LogP contribution in [-0.2, 0) is 10.0 Å². The van der Waals surface area contributed by atoms with Gasteiger partial charge >= 0.3 is 0 Å². The summed E-state index contributed by atoms with van der Waals surface area (Å²) in [5.41, 5.74) is 2.46. The summed E-state index contributed by atoms with van der Waals surface area (Å²) in [5, 5.41) is 13.2. The van der Waals surface area contributed by atoms with Gasteiger partial charge in [-0.3, -0.25) is 0 Å². The summed E-state index contributed by atoms with van der Waals surface area (Å²) in [4.78, 5) is 2.29. The number of aryl methyl sites for hydroxylation is 2. The Labute approximate surface area is 134 Å². The molecule has 7 heteroatoms. The third-order valence-electron chi connectivity index (χ3n) is 3.15. The van der Waals surface area contributed by atoms with Crippen LogP contribution < -0.4 is 4.83 Å². The summed E-state index contributed by atoms with van der Waals surface area (Å²) in [6, 6.07) is 9.30. The molecule has 0 fully saturated rings. The summed E-state index contributed by atoms with van der Waals surface area (Å²) >= 11 is 5.76. The highest BCUT2D eigenvalue weighted by Gasteiger charge is 2.13. The standard InChI is InChI=1S/C15H15ClN2O3S/c1-10-3-5-13(7-11(10)2)22(20,21)18-17-9-12-4-6-15(19)14(16)8-12/h3-9,18-19H,1-2H3/b17-9+. The summed E-state index contributed by atoms with van der Waals surface area (Å²) in [7, 11) is -3.72. The fourth-order valence-corrected chi connectivity index (χ4v) is 2.77. The maximum atomic E-state index is 12.1. The minimum Gasteiger partial charge on any atom is -0.506 e. The number of rotatable bonds is 4. The van der Waals surface area contributed by atoms with Crippen molar-refractivity contribution in [1.82, 2.24) is 4.83 Å². The van der Waals surface area contributed by atoms with Crippen molar-refractivity contribution < 1.29 is 13.5 Å². The first-order valence-electron chi connectivity index (χ1n) is 6.40. The fraction of sp³-hybridized carbons (Fsp3) is 0.133. The Morgan fingerprint density at radius 3 is 2.50 bits per heavy atom. The topological polar surface area (TPSA) is 78.8 Å². The number of phenolic OH excluding ortho intramolecular Hbond substituents is 1. The molecule has 0 saturated carbocycles. The highest BCUT2D eigenvalue weighted by molar-refractivity contribution is 7.89. The molecule has 0 aromatic heterocycles. The van der Waals surface area contributed by atoms with Gasteiger partial charge in [0.2, 0.25) is 0 Å². The molecule has 116 valence electrons. The van der Waals surface area contributed by atoms with E-state index in [2.05, 4.69) is 9.93 Å². The minimum absolute atomic E-state index is 0.0467. The summed E-state index contributed by atoms with van der Waals surface area (Å²) in [5.74, 6) is -0.0467. The van der Waals surface area contributed by atoms with Crippen molar-refractivity contribution in [1.29, 1.82) is 0 Å². The Morgan fingerprint density at radius 1 is 1.14 bits per heavy atom. The van der Waals surface area contributed by atoms with E-state index in [0.29, 0.717) is 5.56 Å². The van der Waals surface area contributed by atoms with Gasteiger partial charge in [-0.15, -0.1) is 0 Å². The number of sulfonamides is 1. The van der Waals surface area contributed by atoms with E-state index in [1.54, 1.807) is 18.2 Å². The monoisotopic (exact) mass is 338 g/mol. The van der Waals surface area contributed by atoms with Crippen LogP contribution in [0.25, 0.3) is 0 Å². The first kappa shape index (κ1) is 16.3. The van der Waals surface area contributed by atoms with Gasteiger partial charge in [0.25, 0.3) is 10.0 Å². The number of hydrogen-bond donors (Lipinski definition) is 2. The quantitative estimate of drug-likeness (QED) is 0.664. The maximum Gasteiger partial charge on any atom is 0.276 e. The molecule has 2 aromatic rings. The second-order valence-electron chi connectivity index (χ2n) is 4.81. The van der Waals surface area contributed by atoms with Gasteiger partial charge in [-0.25, -0.2) is 4.83 Å². The van der Waals surface area contributed by atoms with Crippen molar-refractivity contribution in [3.63, 3.8) is 0 Å². The first-order chi connectivity index (χ1) is 10.3. The Balaban J connectivity index is 2.16. The lowest BCUT2D eigenvalue weighted by Crippen LogP contribution is -2.18. The molecule has 0 aliphatic carbocycles. The molecule has 0 aliphatic rings. The highest BCUT2D eigenvalue weighted by Crippen LogP contribution is 2.22. The molecule has 0 spiro atoms. The van der Waals surface area contributed by atoms with Crippen LogP contribution in [0.15, 0.2) is 46.4 Å². The van der Waals surface area contributed by atoms with Gasteiger partial charge in [0.15, 0.2) is 0 Å². The zero-order chi connectivity index (χ0) is 16.3. The number of phenols is 1. The Hall–Kier alpha value is -2.05. The fourth-order valence-electron chi connectivity index (χ4n) is 1.71. The van der Waals surface area contributed by atoms with Gasteiger partial charge in [0.1, 0.15) is 5.75 Å². The minimum atomic E-state index is -3.72. The van der Waals surface area contributed by atoms with Crippen molar-refractivity contribution in [3.8, 4) is 5.75 Å². The number of hydrogen-bond acceptors (Lipinski definition) is 4. The molecular formula is C15H15ClN2O3S. The summed E-state index contributed by atoms with van der Waals surface area (Å²) < 4.78 is 24.2. The maximum absolute atomic E-state index is 12.1. The average Bonchev–Trinajstić information content (AvgIpc) is 2.45. The predicted octanol–water partition coefficient (Wildman–Crippen LogP) is 2.97. The first-order valence-corrected chi connectivity index (χ1v) is 8.26. The van der Waals surface area contributed by atoms with Crippen LogP contribution >= 0.6 is 11.6 Å². The molecule has 0 atom stereocenters. The summed E-state index contributed by atoms with van der Waals surface area (Å²) in [6.45, 7) is 3.75. The lowest BCUT2D eigenvalue weighted by atomic mass is 10.1. The molecule has 22 heavy (non-hydrogen) atoms. The molecule has 2 aromatic carbocycles. The zero-order valence-electron chi connectivity index (χ0n) is 12.0. The van der Waals surface area contributed by atoms with E-state index in [4.69, 9.17) is 11.6 Å². The van der Waals surface area contributed by atoms with Crippen LogP contribution in [0, 0.1) is 13.8 Å². The van der Waals surface area contributed by atoms with Gasteiger partial charge in [-0.05, 0) is 60.9 Å². The smallest absolute Gasteiger partial charge is 0.276 e. The molecule has 0 aliphatic heterocycles. The molecule has 5 nitrogen and oxygen atoms in total. The van der Waals surface area contributed by atoms with Crippen LogP contribution in [0.3, 0.4) is 0 Å². The lowest BCUT2D eigenvalue weighted by Gasteiger charge is -2.06. The van der Waals surface area contributed by atoms with Gasteiger partial charge in [0, 0.05) is 0 Å². The molecular weight excluding hydrogens is 324 g/mol. The van der Waals surface area contributed by atoms with Crippen LogP contribution in [0.1, 0.15) is 16.7 Å². The van der Waals surface area contributed by atoms with Gasteiger partial charge in [0.05, 0.1) is 16.1 Å². The van der Waals surface area contributed by atoms with Crippen molar-refractivity contribution in [3.05, 3.63) is 58.1 Å². The number of aromatic hydroxyl groups is 1. The molecule has 0 unspecified atom stereocenters. The SMILES string of the molecule is Cc1ccc(S(=O)(=O)N/N=C/c2ccc(O)c(Cl)c2)cc1C. The van der Waals surface area contributed by atoms with Crippen LogP contribution in [0.4, 0.5) is 0 Å². The third-order valence-corrected chi connectivity index (χ3v) is 4.67. The zero-order valence-corrected chi connectivity index (χ0v) is 13.6. The number of benzene rings is 2. The van der Waals surface area contributed by atoms with Gasteiger partial charge in [-0.2, -0.15) is 13.5 Å². The van der Waals surface area contributed by atoms with Crippen LogP contribution in [0.2, 0.25) is 5.02 Å². The van der Waals surface area contributed by atoms with Crippen molar-refractivity contribution in [2.75, 3.05) is 0 Å². The van der Waals surface area contributed by atoms with E-state index in [1.165, 1.54) is 24.4 Å². The summed E-state index contributed by atoms with van der Waals surface area (Å²) in [6.07, 6.45) is 1.31. The van der Waals surface area contributed by atoms with E-state index < -0.39 is 10.0 Å². The predicted molar refractivity (Wildman–Crippen MR) is 86.9 cm³/mol. The van der Waals surface area contributed by atoms with E-state index in [9.17, 15) is 13.5 Å². The van der Waals surface area contributed by atoms with E-state index >= 15 is 0 Å². The number of hydrazone groups is 1. The largest absolute Gasteiger partial charge is 0.506 e. The second-order valence-corrected chi connectivity index (χ2v) is 6.88. The molecule has 2 rings (SSSR count). The van der Waals surface area contributed by atoms with Crippen LogP contribution in [0.5, 0.6) is 5.75 Å². The Morgan fingerprint density at radius 2 is 1.86 bits per heavy atom. The van der Waals surface area contributed by atoms with E-state index in [-0.39, 0.29) is 15.7 Å². The van der Waals surface area contributed by atoms with Gasteiger partial charge in [-0.1, -0.05) is 17.7 Å². The molecule has 2 N–H and O–H groups in total. The normalized spacial score (nSPS) is 11.8. The molecule has 0 radical (unpaired) electrons. The Kier molecular flexibility index (Phi) is 4.73.